The van der Waals surface area contributed by atoms with Crippen LogP contribution in [0.15, 0.2) is 110 Å². The van der Waals surface area contributed by atoms with Gasteiger partial charge in [-0.25, -0.2) is 19.0 Å². The van der Waals surface area contributed by atoms with E-state index in [1.54, 1.807) is 40.7 Å². The first-order valence-corrected chi connectivity index (χ1v) is 18.4. The molecule has 0 atom stereocenters. The van der Waals surface area contributed by atoms with Crippen molar-refractivity contribution in [3.8, 4) is 23.7 Å². The summed E-state index contributed by atoms with van der Waals surface area (Å²) in [5.41, 5.74) is 9.94. The van der Waals surface area contributed by atoms with Crippen molar-refractivity contribution in [1.29, 1.82) is 0 Å². The van der Waals surface area contributed by atoms with E-state index in [-0.39, 0.29) is 11.7 Å². The molecule has 0 aliphatic carbocycles. The van der Waals surface area contributed by atoms with Gasteiger partial charge in [0.05, 0.1) is 12.4 Å². The number of piperazine rings is 1. The van der Waals surface area contributed by atoms with Crippen LogP contribution in [-0.4, -0.2) is 83.9 Å². The fraction of sp³-hybridized carbons (Fsp3) is 0.200. The highest BCUT2D eigenvalue weighted by atomic mass is 16.1. The zero-order chi connectivity index (χ0) is 39.0. The molecule has 0 unspecified atom stereocenters. The second-order valence-electron chi connectivity index (χ2n) is 13.7. The molecule has 8 rings (SSSR count). The molecule has 1 aliphatic heterocycles. The Morgan fingerprint density at radius 3 is 1.82 bits per heavy atom. The summed E-state index contributed by atoms with van der Waals surface area (Å²) in [5.74, 6) is 12.4. The SMILES string of the molecule is CC(=O)c1ccc(C)c(C#Cc2cnc3cccnn23)c1.Cc1ccc(NC(=O)c2ccc(CN3CCN(C)CC3)cc2)cc1C#Cc1cnc2cccnn12. The molecular weight excluding hydrogens is 699 g/mol. The molecule has 56 heavy (non-hydrogen) atoms. The highest BCUT2D eigenvalue weighted by Gasteiger charge is 2.14. The lowest BCUT2D eigenvalue weighted by Crippen LogP contribution is -2.43. The van der Waals surface area contributed by atoms with Gasteiger partial charge in [0.25, 0.3) is 5.91 Å². The molecule has 1 N–H and O–H groups in total. The van der Waals surface area contributed by atoms with Gasteiger partial charge in [0, 0.05) is 73.1 Å². The lowest BCUT2D eigenvalue weighted by Gasteiger charge is -2.32. The topological polar surface area (TPSA) is 113 Å². The molecule has 0 bridgehead atoms. The number of aromatic nitrogens is 6. The van der Waals surface area contributed by atoms with Gasteiger partial charge in [0.2, 0.25) is 0 Å². The van der Waals surface area contributed by atoms with E-state index in [4.69, 9.17) is 0 Å². The van der Waals surface area contributed by atoms with Crippen LogP contribution in [0.1, 0.15) is 66.8 Å². The number of rotatable bonds is 5. The van der Waals surface area contributed by atoms with Crippen LogP contribution in [0.4, 0.5) is 5.69 Å². The van der Waals surface area contributed by atoms with Crippen molar-refractivity contribution in [3.63, 3.8) is 0 Å². The second kappa shape index (κ2) is 17.0. The van der Waals surface area contributed by atoms with Gasteiger partial charge in [-0.1, -0.05) is 42.2 Å². The Bertz CT molecular complexity index is 2660. The first-order valence-electron chi connectivity index (χ1n) is 18.4. The molecule has 7 aromatic rings. The van der Waals surface area contributed by atoms with Crippen LogP contribution in [0.3, 0.4) is 0 Å². The number of amides is 1. The third-order valence-electron chi connectivity index (χ3n) is 9.56. The van der Waals surface area contributed by atoms with Gasteiger partial charge in [0.15, 0.2) is 17.1 Å². The Morgan fingerprint density at radius 1 is 0.679 bits per heavy atom. The Balaban J connectivity index is 0.000000195. The number of Topliss-reactive ketones (excluding diaryl/α,β-unsaturated/α-hetero) is 1. The first-order chi connectivity index (χ1) is 27.2. The summed E-state index contributed by atoms with van der Waals surface area (Å²) in [6.07, 6.45) is 6.81. The maximum absolute atomic E-state index is 12.9. The van der Waals surface area contributed by atoms with E-state index in [2.05, 4.69) is 66.0 Å². The molecule has 1 saturated heterocycles. The monoisotopic (exact) mass is 739 g/mol. The van der Waals surface area contributed by atoms with Crippen molar-refractivity contribution < 1.29 is 9.59 Å². The predicted octanol–water partition coefficient (Wildman–Crippen LogP) is 6.08. The molecule has 11 heteroatoms. The number of likely N-dealkylation sites (N-methyl/N-ethyl adjacent to an activating group) is 1. The van der Waals surface area contributed by atoms with Gasteiger partial charge in [0.1, 0.15) is 11.4 Å². The smallest absolute Gasteiger partial charge is 0.255 e. The van der Waals surface area contributed by atoms with Gasteiger partial charge in [-0.3, -0.25) is 14.5 Å². The zero-order valence-electron chi connectivity index (χ0n) is 31.8. The Labute approximate surface area is 326 Å². The number of hydrogen-bond acceptors (Lipinski definition) is 8. The molecule has 3 aromatic carbocycles. The highest BCUT2D eigenvalue weighted by Crippen LogP contribution is 2.17. The number of nitrogens with one attached hydrogen (secondary N) is 1. The number of aryl methyl sites for hydroxylation is 2. The van der Waals surface area contributed by atoms with Gasteiger partial charge < -0.3 is 10.2 Å². The number of imidazole rings is 2. The van der Waals surface area contributed by atoms with E-state index in [1.165, 1.54) is 5.56 Å². The lowest BCUT2D eigenvalue weighted by molar-refractivity contribution is 0.101. The molecule has 0 radical (unpaired) electrons. The number of carbonyl (C=O) groups is 2. The second-order valence-corrected chi connectivity index (χ2v) is 13.7. The Hall–Kier alpha value is -6.92. The molecule has 4 aromatic heterocycles. The Morgan fingerprint density at radius 2 is 1.23 bits per heavy atom. The molecule has 0 spiro atoms. The quantitative estimate of drug-likeness (QED) is 0.167. The summed E-state index contributed by atoms with van der Waals surface area (Å²) in [5, 5.41) is 11.5. The number of benzene rings is 3. The maximum Gasteiger partial charge on any atom is 0.255 e. The largest absolute Gasteiger partial charge is 0.322 e. The van der Waals surface area contributed by atoms with E-state index in [0.29, 0.717) is 22.5 Å². The molecule has 1 aliphatic rings. The van der Waals surface area contributed by atoms with Crippen molar-refractivity contribution in [3.05, 3.63) is 160 Å². The average molecular weight is 740 g/mol. The third kappa shape index (κ3) is 9.05. The molecule has 5 heterocycles. The first kappa shape index (κ1) is 37.4. The summed E-state index contributed by atoms with van der Waals surface area (Å²) in [6.45, 7) is 10.8. The van der Waals surface area contributed by atoms with Crippen LogP contribution in [0.5, 0.6) is 0 Å². The van der Waals surface area contributed by atoms with Crippen LogP contribution >= 0.6 is 0 Å². The van der Waals surface area contributed by atoms with Crippen LogP contribution in [-0.2, 0) is 6.54 Å². The van der Waals surface area contributed by atoms with Crippen molar-refractivity contribution in [2.75, 3.05) is 38.5 Å². The Kier molecular flexibility index (Phi) is 11.4. The third-order valence-corrected chi connectivity index (χ3v) is 9.56. The number of fused-ring (bicyclic) bond motifs is 2. The number of carbonyl (C=O) groups excluding carboxylic acids is 2. The minimum absolute atomic E-state index is 0.0366. The van der Waals surface area contributed by atoms with Crippen LogP contribution in [0.25, 0.3) is 11.3 Å². The summed E-state index contributed by atoms with van der Waals surface area (Å²) in [6, 6.07) is 26.6. The molecule has 1 amide bonds. The molecule has 1 fully saturated rings. The number of nitrogens with zero attached hydrogens (tertiary/aromatic N) is 8. The normalized spacial score (nSPS) is 12.9. The molecule has 278 valence electrons. The molecule has 0 saturated carbocycles. The van der Waals surface area contributed by atoms with Gasteiger partial charge in [-0.2, -0.15) is 10.2 Å². The van der Waals surface area contributed by atoms with Crippen LogP contribution < -0.4 is 5.32 Å². The van der Waals surface area contributed by atoms with Crippen LogP contribution in [0, 0.1) is 37.5 Å². The predicted molar refractivity (Wildman–Crippen MR) is 217 cm³/mol. The molecule has 11 nitrogen and oxygen atoms in total. The zero-order valence-corrected chi connectivity index (χ0v) is 31.8. The summed E-state index contributed by atoms with van der Waals surface area (Å²) >= 11 is 0. The van der Waals surface area contributed by atoms with Gasteiger partial charge in [-0.15, -0.1) is 0 Å². The van der Waals surface area contributed by atoms with Gasteiger partial charge >= 0.3 is 0 Å². The van der Waals surface area contributed by atoms with Crippen LogP contribution in [0.2, 0.25) is 0 Å². The number of hydrogen-bond donors (Lipinski definition) is 1. The number of anilines is 1. The lowest BCUT2D eigenvalue weighted by atomic mass is 10.0. The van der Waals surface area contributed by atoms with Crippen molar-refractivity contribution in [2.45, 2.75) is 27.3 Å². The van der Waals surface area contributed by atoms with E-state index in [1.807, 2.05) is 98.8 Å². The average Bonchev–Trinajstić information content (AvgIpc) is 3.83. The minimum atomic E-state index is -0.134. The van der Waals surface area contributed by atoms with Crippen molar-refractivity contribution in [2.24, 2.45) is 0 Å². The van der Waals surface area contributed by atoms with E-state index >= 15 is 0 Å². The van der Waals surface area contributed by atoms with E-state index in [9.17, 15) is 9.59 Å². The van der Waals surface area contributed by atoms with Gasteiger partial charge in [-0.05, 0) is 111 Å². The fourth-order valence-corrected chi connectivity index (χ4v) is 6.13. The van der Waals surface area contributed by atoms with Crippen molar-refractivity contribution in [1.82, 2.24) is 39.0 Å². The summed E-state index contributed by atoms with van der Waals surface area (Å²) in [7, 11) is 2.16. The van der Waals surface area contributed by atoms with Crippen molar-refractivity contribution >= 4 is 28.7 Å². The standard InChI is InChI=1S/C28H28N6O.C17H13N3O/c1-21-5-11-25(18-24(21)10-12-26-19-29-27-4-3-13-30-34(26)27)31-28(35)23-8-6-22(7-9-23)20-33-16-14-32(2)15-17-33;1-12-5-6-15(13(2)21)10-14(12)7-8-16-11-18-17-4-3-9-19-20(16)17/h3-9,11,13,18-19H,14-17,20H2,1-2H3,(H,31,35);3-6,9-11H,1-2H3. The van der Waals surface area contributed by atoms with E-state index in [0.717, 1.165) is 72.0 Å². The molecular formula is C45H41N9O2. The number of ketones is 1. The summed E-state index contributed by atoms with van der Waals surface area (Å²) < 4.78 is 3.40. The highest BCUT2D eigenvalue weighted by molar-refractivity contribution is 6.04. The van der Waals surface area contributed by atoms with E-state index < -0.39 is 0 Å². The summed E-state index contributed by atoms with van der Waals surface area (Å²) in [4.78, 5) is 37.7. The minimum Gasteiger partial charge on any atom is -0.322 e. The maximum atomic E-state index is 12.9. The fourth-order valence-electron chi connectivity index (χ4n) is 6.13.